The lowest BCUT2D eigenvalue weighted by atomic mass is 10.1. The number of pyridine rings is 2. The van der Waals surface area contributed by atoms with Crippen molar-refractivity contribution in [2.24, 2.45) is 10.9 Å². The van der Waals surface area contributed by atoms with Crippen LogP contribution < -0.4 is 5.56 Å². The fourth-order valence-electron chi connectivity index (χ4n) is 3.82. The Balaban J connectivity index is 1.67. The molecule has 1 atom stereocenters. The molecule has 5 rings (SSSR count). The number of benzene rings is 1. The molecule has 1 fully saturated rings. The van der Waals surface area contributed by atoms with Gasteiger partial charge in [0.25, 0.3) is 5.56 Å². The highest BCUT2D eigenvalue weighted by Crippen LogP contribution is 2.40. The van der Waals surface area contributed by atoms with E-state index in [1.54, 1.807) is 48.9 Å². The number of fused-ring (bicyclic) bond motifs is 1. The zero-order chi connectivity index (χ0) is 20.7. The summed E-state index contributed by atoms with van der Waals surface area (Å²) in [6.07, 6.45) is 7.35. The minimum Gasteiger partial charge on any atom is -0.494 e. The van der Waals surface area contributed by atoms with Crippen LogP contribution in [-0.2, 0) is 0 Å². The summed E-state index contributed by atoms with van der Waals surface area (Å²) < 4.78 is 3.13. The summed E-state index contributed by atoms with van der Waals surface area (Å²) in [4.78, 5) is 21.9. The third kappa shape index (κ3) is 3.08. The SMILES string of the molecule is C[C@H](C1CC1)n1nccc1/N=C/c1c(O)n(-c2ccccn2)c(=O)c2ccccc12. The molecule has 0 radical (unpaired) electrons. The number of aromatic hydroxyl groups is 1. The highest BCUT2D eigenvalue weighted by atomic mass is 16.3. The Labute approximate surface area is 173 Å². The molecule has 1 saturated carbocycles. The maximum absolute atomic E-state index is 13.1. The average Bonchev–Trinajstić information content (AvgIpc) is 3.52. The quantitative estimate of drug-likeness (QED) is 0.514. The summed E-state index contributed by atoms with van der Waals surface area (Å²) in [5.74, 6) is 1.52. The molecule has 0 bridgehead atoms. The maximum Gasteiger partial charge on any atom is 0.267 e. The van der Waals surface area contributed by atoms with E-state index in [1.807, 2.05) is 22.9 Å². The largest absolute Gasteiger partial charge is 0.494 e. The van der Waals surface area contributed by atoms with E-state index in [0.29, 0.717) is 33.9 Å². The molecular weight excluding hydrogens is 378 g/mol. The van der Waals surface area contributed by atoms with Gasteiger partial charge in [-0.15, -0.1) is 0 Å². The molecule has 3 heterocycles. The molecule has 0 saturated heterocycles. The smallest absolute Gasteiger partial charge is 0.267 e. The minimum absolute atomic E-state index is 0.192. The number of aliphatic imine (C=N–C) groups is 1. The van der Waals surface area contributed by atoms with Crippen molar-refractivity contribution in [3.05, 3.63) is 76.8 Å². The van der Waals surface area contributed by atoms with E-state index in [4.69, 9.17) is 0 Å². The summed E-state index contributed by atoms with van der Waals surface area (Å²) in [5, 5.41) is 16.6. The van der Waals surface area contributed by atoms with Crippen molar-refractivity contribution in [2.75, 3.05) is 0 Å². The lowest BCUT2D eigenvalue weighted by molar-refractivity contribution is 0.434. The molecule has 0 spiro atoms. The Hall–Kier alpha value is -3.74. The first-order chi connectivity index (χ1) is 14.6. The van der Waals surface area contributed by atoms with Crippen molar-refractivity contribution in [1.82, 2.24) is 19.3 Å². The number of hydrogen-bond donors (Lipinski definition) is 1. The van der Waals surface area contributed by atoms with Gasteiger partial charge in [-0.05, 0) is 43.9 Å². The van der Waals surface area contributed by atoms with Crippen LogP contribution in [0.25, 0.3) is 16.6 Å². The lowest BCUT2D eigenvalue weighted by Gasteiger charge is -2.14. The van der Waals surface area contributed by atoms with Gasteiger partial charge < -0.3 is 5.11 Å². The normalized spacial score (nSPS) is 15.1. The van der Waals surface area contributed by atoms with Crippen molar-refractivity contribution in [3.63, 3.8) is 0 Å². The van der Waals surface area contributed by atoms with Crippen molar-refractivity contribution < 1.29 is 5.11 Å². The summed E-state index contributed by atoms with van der Waals surface area (Å²) >= 11 is 0. The Bertz CT molecular complexity index is 1300. The van der Waals surface area contributed by atoms with Crippen LogP contribution in [0.2, 0.25) is 0 Å². The first-order valence-corrected chi connectivity index (χ1v) is 10.0. The van der Waals surface area contributed by atoms with Gasteiger partial charge in [-0.25, -0.2) is 19.2 Å². The van der Waals surface area contributed by atoms with E-state index in [1.165, 1.54) is 17.4 Å². The van der Waals surface area contributed by atoms with Crippen molar-refractivity contribution in [3.8, 4) is 11.7 Å². The Morgan fingerprint density at radius 1 is 1.10 bits per heavy atom. The van der Waals surface area contributed by atoms with E-state index in [0.717, 1.165) is 0 Å². The highest BCUT2D eigenvalue weighted by molar-refractivity contribution is 6.02. The molecule has 30 heavy (non-hydrogen) atoms. The molecule has 1 N–H and O–H groups in total. The predicted octanol–water partition coefficient (Wildman–Crippen LogP) is 4.01. The van der Waals surface area contributed by atoms with Crippen LogP contribution in [0.5, 0.6) is 5.88 Å². The van der Waals surface area contributed by atoms with Crippen LogP contribution in [0.4, 0.5) is 5.82 Å². The average molecular weight is 399 g/mol. The van der Waals surface area contributed by atoms with Gasteiger partial charge in [0.15, 0.2) is 5.82 Å². The van der Waals surface area contributed by atoms with Crippen LogP contribution in [0.1, 0.15) is 31.4 Å². The monoisotopic (exact) mass is 399 g/mol. The molecule has 150 valence electrons. The van der Waals surface area contributed by atoms with Gasteiger partial charge in [0.2, 0.25) is 5.88 Å². The second kappa shape index (κ2) is 7.26. The van der Waals surface area contributed by atoms with Gasteiger partial charge in [-0.3, -0.25) is 4.79 Å². The Morgan fingerprint density at radius 3 is 2.60 bits per heavy atom. The van der Waals surface area contributed by atoms with E-state index >= 15 is 0 Å². The Kier molecular flexibility index (Phi) is 4.43. The van der Waals surface area contributed by atoms with Gasteiger partial charge in [0.1, 0.15) is 5.82 Å². The summed E-state index contributed by atoms with van der Waals surface area (Å²) in [5.41, 5.74) is 0.133. The maximum atomic E-state index is 13.1. The van der Waals surface area contributed by atoms with Crippen LogP contribution in [0.3, 0.4) is 0 Å². The fraction of sp³-hybridized carbons (Fsp3) is 0.217. The summed E-state index contributed by atoms with van der Waals surface area (Å²) in [6.45, 7) is 2.15. The molecular formula is C23H21N5O2. The van der Waals surface area contributed by atoms with Crippen LogP contribution >= 0.6 is 0 Å². The fourth-order valence-corrected chi connectivity index (χ4v) is 3.82. The van der Waals surface area contributed by atoms with Crippen LogP contribution in [0, 0.1) is 5.92 Å². The van der Waals surface area contributed by atoms with E-state index in [9.17, 15) is 9.90 Å². The van der Waals surface area contributed by atoms with Gasteiger partial charge >= 0.3 is 0 Å². The first kappa shape index (κ1) is 18.3. The lowest BCUT2D eigenvalue weighted by Crippen LogP contribution is -2.20. The minimum atomic E-state index is -0.327. The summed E-state index contributed by atoms with van der Waals surface area (Å²) in [7, 11) is 0. The molecule has 0 aliphatic heterocycles. The third-order valence-corrected chi connectivity index (χ3v) is 5.65. The standard InChI is InChI=1S/C23H21N5O2/c1-15(16-9-10-16)28-21(11-13-26-28)25-14-19-17-6-2-3-7-18(17)22(29)27(23(19)30)20-8-4-5-12-24-20/h2-8,11-16,30H,9-10H2,1H3/b25-14+/t15-/m1/s1. The van der Waals surface area contributed by atoms with Gasteiger partial charge in [-0.1, -0.05) is 24.3 Å². The molecule has 3 aromatic heterocycles. The molecule has 7 heteroatoms. The molecule has 1 aliphatic carbocycles. The van der Waals surface area contributed by atoms with Crippen LogP contribution in [-0.4, -0.2) is 30.7 Å². The molecule has 7 nitrogen and oxygen atoms in total. The number of rotatable bonds is 5. The van der Waals surface area contributed by atoms with E-state index in [-0.39, 0.29) is 17.5 Å². The second-order valence-electron chi connectivity index (χ2n) is 7.58. The summed E-state index contributed by atoms with van der Waals surface area (Å²) in [6, 6.07) is 14.5. The van der Waals surface area contributed by atoms with Crippen molar-refractivity contribution >= 4 is 22.8 Å². The first-order valence-electron chi connectivity index (χ1n) is 10.0. The van der Waals surface area contributed by atoms with Crippen molar-refractivity contribution in [1.29, 1.82) is 0 Å². The van der Waals surface area contributed by atoms with Crippen LogP contribution in [0.15, 0.2) is 70.7 Å². The Morgan fingerprint density at radius 2 is 1.87 bits per heavy atom. The highest BCUT2D eigenvalue weighted by Gasteiger charge is 2.30. The number of nitrogens with zero attached hydrogens (tertiary/aromatic N) is 5. The molecule has 1 aromatic carbocycles. The number of hydrogen-bond acceptors (Lipinski definition) is 5. The van der Waals surface area contributed by atoms with Crippen molar-refractivity contribution in [2.45, 2.75) is 25.8 Å². The second-order valence-corrected chi connectivity index (χ2v) is 7.58. The van der Waals surface area contributed by atoms with Gasteiger partial charge in [0, 0.05) is 29.3 Å². The topological polar surface area (TPSA) is 85.3 Å². The molecule has 1 aliphatic rings. The molecule has 0 amide bonds. The predicted molar refractivity (Wildman–Crippen MR) is 116 cm³/mol. The molecule has 4 aromatic rings. The zero-order valence-corrected chi connectivity index (χ0v) is 16.5. The van der Waals surface area contributed by atoms with E-state index in [2.05, 4.69) is 22.0 Å². The zero-order valence-electron chi connectivity index (χ0n) is 16.5. The number of aromatic nitrogens is 4. The molecule has 0 unspecified atom stereocenters. The van der Waals surface area contributed by atoms with Gasteiger partial charge in [-0.2, -0.15) is 5.10 Å². The van der Waals surface area contributed by atoms with Gasteiger partial charge in [0.05, 0.1) is 17.8 Å². The van der Waals surface area contributed by atoms with E-state index < -0.39 is 0 Å². The third-order valence-electron chi connectivity index (χ3n) is 5.65.